The molecule has 7 heteroatoms. The zero-order valence-corrected chi connectivity index (χ0v) is 17.6. The van der Waals surface area contributed by atoms with Crippen molar-refractivity contribution in [1.82, 2.24) is 20.0 Å². The number of piperidine rings is 2. The number of H-pyrrole nitrogens is 1. The fourth-order valence-corrected chi connectivity index (χ4v) is 5.56. The first-order valence-corrected chi connectivity index (χ1v) is 11.2. The molecule has 1 N–H and O–H groups in total. The molecule has 1 aromatic rings. The topological polar surface area (TPSA) is 78.5 Å². The lowest BCUT2D eigenvalue weighted by atomic mass is 9.73. The highest BCUT2D eigenvalue weighted by Gasteiger charge is 2.43. The number of methoxy groups -OCH3 is 1. The molecule has 3 aliphatic rings. The van der Waals surface area contributed by atoms with Gasteiger partial charge in [0.1, 0.15) is 0 Å². The number of amides is 2. The first-order chi connectivity index (χ1) is 14.1. The quantitative estimate of drug-likeness (QED) is 0.821. The van der Waals surface area contributed by atoms with Crippen LogP contribution in [0.1, 0.15) is 79.8 Å². The molecule has 0 radical (unpaired) electrons. The largest absolute Gasteiger partial charge is 0.383 e. The van der Waals surface area contributed by atoms with E-state index in [1.165, 1.54) is 19.3 Å². The van der Waals surface area contributed by atoms with E-state index in [-0.39, 0.29) is 17.2 Å². The molecule has 1 saturated carbocycles. The summed E-state index contributed by atoms with van der Waals surface area (Å²) in [5.41, 5.74) is 1.82. The molecule has 1 aromatic heterocycles. The molecular weight excluding hydrogens is 368 g/mol. The van der Waals surface area contributed by atoms with Crippen LogP contribution in [0.25, 0.3) is 0 Å². The van der Waals surface area contributed by atoms with Crippen molar-refractivity contribution in [2.75, 3.05) is 39.9 Å². The normalized spacial score (nSPS) is 26.3. The predicted octanol–water partition coefficient (Wildman–Crippen LogP) is 2.95. The molecule has 0 bridgehead atoms. The maximum absolute atomic E-state index is 13.4. The predicted molar refractivity (Wildman–Crippen MR) is 110 cm³/mol. The van der Waals surface area contributed by atoms with Gasteiger partial charge in [0, 0.05) is 51.0 Å². The van der Waals surface area contributed by atoms with Gasteiger partial charge in [-0.25, -0.2) is 0 Å². The lowest BCUT2D eigenvalue weighted by Gasteiger charge is -2.48. The molecule has 2 saturated heterocycles. The highest BCUT2D eigenvalue weighted by Crippen LogP contribution is 2.40. The summed E-state index contributed by atoms with van der Waals surface area (Å²) in [5.74, 6) is 0.755. The van der Waals surface area contributed by atoms with E-state index in [4.69, 9.17) is 4.74 Å². The van der Waals surface area contributed by atoms with Crippen LogP contribution < -0.4 is 0 Å². The van der Waals surface area contributed by atoms with Gasteiger partial charge in [0.05, 0.1) is 24.1 Å². The Morgan fingerprint density at radius 3 is 2.86 bits per heavy atom. The molecule has 2 amide bonds. The Morgan fingerprint density at radius 2 is 2.07 bits per heavy atom. The number of carbonyl (C=O) groups is 2. The summed E-state index contributed by atoms with van der Waals surface area (Å²) in [5, 5.41) is 7.37. The van der Waals surface area contributed by atoms with Crippen molar-refractivity contribution >= 4 is 11.8 Å². The number of hydrogen-bond donors (Lipinski definition) is 1. The number of carbonyl (C=O) groups excluding carboxylic acids is 2. The van der Waals surface area contributed by atoms with Crippen LogP contribution in [0.2, 0.25) is 0 Å². The second kappa shape index (κ2) is 8.86. The van der Waals surface area contributed by atoms with Crippen LogP contribution in [0.3, 0.4) is 0 Å². The number of nitrogens with one attached hydrogen (secondary N) is 1. The van der Waals surface area contributed by atoms with Crippen molar-refractivity contribution in [1.29, 1.82) is 0 Å². The number of likely N-dealkylation sites (tertiary alicyclic amines) is 2. The Balaban J connectivity index is 1.47. The number of hydrogen-bond acceptors (Lipinski definition) is 4. The third-order valence-electron chi connectivity index (χ3n) is 7.17. The fraction of sp³-hybridized carbons (Fsp3) is 0.773. The third kappa shape index (κ3) is 4.34. The molecule has 0 aromatic carbocycles. The second-order valence-electron chi connectivity index (χ2n) is 9.17. The zero-order chi connectivity index (χ0) is 20.3. The van der Waals surface area contributed by atoms with Gasteiger partial charge in [0.2, 0.25) is 5.91 Å². The van der Waals surface area contributed by atoms with E-state index in [0.717, 1.165) is 63.0 Å². The summed E-state index contributed by atoms with van der Waals surface area (Å²) >= 11 is 0. The zero-order valence-electron chi connectivity index (χ0n) is 17.6. The Bertz CT molecular complexity index is 727. The molecule has 4 rings (SSSR count). The number of rotatable bonds is 5. The molecule has 2 aliphatic heterocycles. The maximum Gasteiger partial charge on any atom is 0.257 e. The fourth-order valence-electron chi connectivity index (χ4n) is 5.56. The van der Waals surface area contributed by atoms with Crippen LogP contribution >= 0.6 is 0 Å². The van der Waals surface area contributed by atoms with Gasteiger partial charge in [-0.05, 0) is 32.1 Å². The summed E-state index contributed by atoms with van der Waals surface area (Å²) < 4.78 is 5.18. The summed E-state index contributed by atoms with van der Waals surface area (Å²) in [6.07, 6.45) is 11.3. The summed E-state index contributed by atoms with van der Waals surface area (Å²) in [6, 6.07) is 0. The van der Waals surface area contributed by atoms with E-state index < -0.39 is 0 Å². The van der Waals surface area contributed by atoms with Crippen LogP contribution in [0.4, 0.5) is 0 Å². The molecular formula is C22H34N4O3. The Morgan fingerprint density at radius 1 is 1.24 bits per heavy atom. The minimum absolute atomic E-state index is 0.0182. The van der Waals surface area contributed by atoms with E-state index in [1.807, 2.05) is 9.80 Å². The van der Waals surface area contributed by atoms with Crippen molar-refractivity contribution in [2.24, 2.45) is 5.41 Å². The molecule has 1 aliphatic carbocycles. The Hall–Kier alpha value is -1.89. The SMILES string of the molecule is COCCN1CC2(CCCN(C(=O)c3cn[nH]c3C3CCCCC3)C2)CCC1=O. The van der Waals surface area contributed by atoms with Crippen molar-refractivity contribution in [3.05, 3.63) is 17.5 Å². The van der Waals surface area contributed by atoms with Crippen LogP contribution in [-0.2, 0) is 9.53 Å². The number of ether oxygens (including phenoxy) is 1. The van der Waals surface area contributed by atoms with Crippen molar-refractivity contribution in [3.63, 3.8) is 0 Å². The molecule has 29 heavy (non-hydrogen) atoms. The third-order valence-corrected chi connectivity index (χ3v) is 7.17. The maximum atomic E-state index is 13.4. The van der Waals surface area contributed by atoms with Gasteiger partial charge in [-0.3, -0.25) is 14.7 Å². The van der Waals surface area contributed by atoms with Crippen molar-refractivity contribution < 1.29 is 14.3 Å². The first-order valence-electron chi connectivity index (χ1n) is 11.2. The van der Waals surface area contributed by atoms with Crippen LogP contribution in [-0.4, -0.2) is 71.7 Å². The van der Waals surface area contributed by atoms with Gasteiger partial charge in [-0.2, -0.15) is 5.10 Å². The van der Waals surface area contributed by atoms with Gasteiger partial charge < -0.3 is 14.5 Å². The Labute approximate surface area is 173 Å². The van der Waals surface area contributed by atoms with E-state index in [1.54, 1.807) is 13.3 Å². The van der Waals surface area contributed by atoms with E-state index in [9.17, 15) is 9.59 Å². The molecule has 1 unspecified atom stereocenters. The Kier molecular flexibility index (Phi) is 6.23. The first kappa shape index (κ1) is 20.4. The van der Waals surface area contributed by atoms with Gasteiger partial charge in [0.15, 0.2) is 0 Å². The average molecular weight is 403 g/mol. The van der Waals surface area contributed by atoms with E-state index in [0.29, 0.717) is 25.5 Å². The van der Waals surface area contributed by atoms with Crippen LogP contribution in [0.15, 0.2) is 6.20 Å². The summed E-state index contributed by atoms with van der Waals surface area (Å²) in [6.45, 7) is 3.46. The minimum atomic E-state index is 0.0182. The van der Waals surface area contributed by atoms with Gasteiger partial charge in [-0.1, -0.05) is 19.3 Å². The molecule has 160 valence electrons. The van der Waals surface area contributed by atoms with Crippen molar-refractivity contribution in [3.8, 4) is 0 Å². The highest BCUT2D eigenvalue weighted by atomic mass is 16.5. The standard InChI is InChI=1S/C22H34N4O3/c1-29-13-12-25-15-22(10-8-19(25)27)9-5-11-26(16-22)21(28)18-14-23-24-20(18)17-6-3-2-4-7-17/h14,17H,2-13,15-16H2,1H3,(H,23,24). The molecule has 1 atom stereocenters. The lowest BCUT2D eigenvalue weighted by molar-refractivity contribution is -0.139. The number of aromatic amines is 1. The molecule has 3 fully saturated rings. The minimum Gasteiger partial charge on any atom is -0.383 e. The highest BCUT2D eigenvalue weighted by molar-refractivity contribution is 5.95. The second-order valence-corrected chi connectivity index (χ2v) is 9.17. The van der Waals surface area contributed by atoms with E-state index in [2.05, 4.69) is 10.2 Å². The monoisotopic (exact) mass is 402 g/mol. The molecule has 3 heterocycles. The van der Waals surface area contributed by atoms with Crippen LogP contribution in [0.5, 0.6) is 0 Å². The van der Waals surface area contributed by atoms with Gasteiger partial charge in [0.25, 0.3) is 5.91 Å². The van der Waals surface area contributed by atoms with E-state index >= 15 is 0 Å². The number of nitrogens with zero attached hydrogens (tertiary/aromatic N) is 3. The van der Waals surface area contributed by atoms with Crippen molar-refractivity contribution in [2.45, 2.75) is 63.7 Å². The van der Waals surface area contributed by atoms with Gasteiger partial charge >= 0.3 is 0 Å². The molecule has 7 nitrogen and oxygen atoms in total. The number of aromatic nitrogens is 2. The summed E-state index contributed by atoms with van der Waals surface area (Å²) in [7, 11) is 1.67. The summed E-state index contributed by atoms with van der Waals surface area (Å²) in [4.78, 5) is 29.7. The lowest BCUT2D eigenvalue weighted by Crippen LogP contribution is -2.55. The van der Waals surface area contributed by atoms with Gasteiger partial charge in [-0.15, -0.1) is 0 Å². The van der Waals surface area contributed by atoms with Crippen LogP contribution in [0, 0.1) is 5.41 Å². The smallest absolute Gasteiger partial charge is 0.257 e. The molecule has 1 spiro atoms. The average Bonchev–Trinajstić information content (AvgIpc) is 3.25.